The van der Waals surface area contributed by atoms with Crippen LogP contribution in [0.15, 0.2) is 48.5 Å². The van der Waals surface area contributed by atoms with Gasteiger partial charge in [-0.15, -0.1) is 0 Å². The van der Waals surface area contributed by atoms with Crippen LogP contribution in [0.25, 0.3) is 0 Å². The third-order valence-corrected chi connectivity index (χ3v) is 5.90. The summed E-state index contributed by atoms with van der Waals surface area (Å²) in [6, 6.07) is 15.3. The Kier molecular flexibility index (Phi) is 7.76. The van der Waals surface area contributed by atoms with E-state index in [1.54, 1.807) is 24.3 Å². The molecule has 3 aromatic rings. The van der Waals surface area contributed by atoms with Crippen LogP contribution in [0.1, 0.15) is 29.2 Å². The van der Waals surface area contributed by atoms with Crippen molar-refractivity contribution in [3.63, 3.8) is 0 Å². The molecule has 0 fully saturated rings. The van der Waals surface area contributed by atoms with Crippen molar-refractivity contribution in [2.45, 2.75) is 33.9 Å². The maximum absolute atomic E-state index is 6.54. The molecule has 0 amide bonds. The highest BCUT2D eigenvalue weighted by Crippen LogP contribution is 2.36. The molecule has 0 saturated carbocycles. The van der Waals surface area contributed by atoms with Gasteiger partial charge in [-0.3, -0.25) is 0 Å². The van der Waals surface area contributed by atoms with E-state index in [2.05, 4.69) is 37.4 Å². The number of hydrogen-bond acceptors (Lipinski definition) is 3. The minimum absolute atomic E-state index is 0.217. The van der Waals surface area contributed by atoms with Gasteiger partial charge in [0, 0.05) is 38.9 Å². The average Bonchev–Trinajstić information content (AvgIpc) is 2.71. The van der Waals surface area contributed by atoms with Crippen LogP contribution in [0.4, 0.5) is 5.69 Å². The van der Waals surface area contributed by atoms with Crippen molar-refractivity contribution in [2.24, 2.45) is 0 Å². The molecule has 0 saturated heterocycles. The highest BCUT2D eigenvalue weighted by atomic mass is 35.5. The van der Waals surface area contributed by atoms with E-state index in [9.17, 15) is 0 Å². The van der Waals surface area contributed by atoms with E-state index >= 15 is 0 Å². The zero-order chi connectivity index (χ0) is 21.7. The van der Waals surface area contributed by atoms with E-state index in [0.29, 0.717) is 39.7 Å². The number of rotatable bonds is 8. The summed E-state index contributed by atoms with van der Waals surface area (Å²) in [5.41, 5.74) is 5.18. The molecule has 0 atom stereocenters. The highest BCUT2D eigenvalue weighted by molar-refractivity contribution is 6.36. The van der Waals surface area contributed by atoms with Crippen molar-refractivity contribution in [1.82, 2.24) is 0 Å². The van der Waals surface area contributed by atoms with Crippen molar-refractivity contribution in [3.8, 4) is 11.5 Å². The first kappa shape index (κ1) is 22.6. The number of halogens is 3. The molecule has 0 aliphatic heterocycles. The topological polar surface area (TPSA) is 30.5 Å². The number of hydrogen-bond donors (Lipinski definition) is 1. The van der Waals surface area contributed by atoms with Crippen LogP contribution in [-0.2, 0) is 13.2 Å². The summed E-state index contributed by atoms with van der Waals surface area (Å²) in [6.07, 6.45) is 0. The zero-order valence-electron chi connectivity index (χ0n) is 17.2. The second-order valence-corrected chi connectivity index (χ2v) is 8.19. The van der Waals surface area contributed by atoms with Crippen molar-refractivity contribution in [2.75, 3.05) is 11.9 Å². The molecule has 6 heteroatoms. The lowest BCUT2D eigenvalue weighted by molar-refractivity contribution is 0.269. The number of ether oxygens (including phenoxy) is 2. The first-order valence-corrected chi connectivity index (χ1v) is 10.8. The number of aryl methyl sites for hydroxylation is 2. The van der Waals surface area contributed by atoms with Gasteiger partial charge in [0.25, 0.3) is 0 Å². The molecule has 0 unspecified atom stereocenters. The minimum atomic E-state index is 0.217. The highest BCUT2D eigenvalue weighted by Gasteiger charge is 2.13. The Labute approximate surface area is 192 Å². The Bertz CT molecular complexity index is 1020. The summed E-state index contributed by atoms with van der Waals surface area (Å²) in [5, 5.41) is 5.12. The van der Waals surface area contributed by atoms with Gasteiger partial charge in [-0.2, -0.15) is 0 Å². The Morgan fingerprint density at radius 3 is 2.17 bits per heavy atom. The molecule has 3 nitrogen and oxygen atoms in total. The predicted molar refractivity (Wildman–Crippen MR) is 127 cm³/mol. The molecule has 1 N–H and O–H groups in total. The van der Waals surface area contributed by atoms with Gasteiger partial charge >= 0.3 is 0 Å². The zero-order valence-corrected chi connectivity index (χ0v) is 19.5. The fraction of sp³-hybridized carbons (Fsp3) is 0.250. The Morgan fingerprint density at radius 2 is 1.50 bits per heavy atom. The minimum Gasteiger partial charge on any atom is -0.490 e. The normalized spacial score (nSPS) is 10.7. The molecule has 3 rings (SSSR count). The van der Waals surface area contributed by atoms with Crippen LogP contribution in [0, 0.1) is 13.8 Å². The van der Waals surface area contributed by atoms with Gasteiger partial charge in [-0.25, -0.2) is 0 Å². The predicted octanol–water partition coefficient (Wildman–Crippen LogP) is 7.85. The molecule has 0 spiro atoms. The van der Waals surface area contributed by atoms with Gasteiger partial charge in [0.05, 0.1) is 6.61 Å². The van der Waals surface area contributed by atoms with Crippen LogP contribution < -0.4 is 14.8 Å². The van der Waals surface area contributed by atoms with Crippen LogP contribution in [0.3, 0.4) is 0 Å². The van der Waals surface area contributed by atoms with E-state index in [-0.39, 0.29) is 6.61 Å². The molecule has 0 heterocycles. The molecule has 0 aromatic heterocycles. The number of anilines is 1. The fourth-order valence-corrected chi connectivity index (χ4v) is 3.69. The molecular formula is C24H24Cl3NO2. The summed E-state index contributed by atoms with van der Waals surface area (Å²) in [5.74, 6) is 1.18. The summed E-state index contributed by atoms with van der Waals surface area (Å²) in [6.45, 7) is 7.41. The van der Waals surface area contributed by atoms with Gasteiger partial charge in [-0.1, -0.05) is 46.9 Å². The molecule has 0 aliphatic carbocycles. The fourth-order valence-electron chi connectivity index (χ4n) is 2.96. The SMILES string of the molecule is CCOc1cc(CNc2ccc(C)c(C)c2)c(Cl)cc1OCc1c(Cl)cccc1Cl. The standard InChI is InChI=1S/C24H24Cl3NO2/c1-4-29-23-11-17(13-28-18-9-8-15(2)16(3)10-18)22(27)12-24(23)30-14-19-20(25)6-5-7-21(19)26/h5-12,28H,4,13-14H2,1-3H3. The number of nitrogens with one attached hydrogen (secondary N) is 1. The Balaban J connectivity index is 1.78. The van der Waals surface area contributed by atoms with Gasteiger partial charge in [0.2, 0.25) is 0 Å². The van der Waals surface area contributed by atoms with E-state index in [0.717, 1.165) is 16.8 Å². The lowest BCUT2D eigenvalue weighted by atomic mass is 10.1. The summed E-state index contributed by atoms with van der Waals surface area (Å²) in [7, 11) is 0. The monoisotopic (exact) mass is 463 g/mol. The van der Waals surface area contributed by atoms with Gasteiger partial charge in [-0.05, 0) is 67.8 Å². The van der Waals surface area contributed by atoms with Crippen LogP contribution in [-0.4, -0.2) is 6.61 Å². The summed E-state index contributed by atoms with van der Waals surface area (Å²) in [4.78, 5) is 0. The van der Waals surface area contributed by atoms with E-state index in [4.69, 9.17) is 44.3 Å². The maximum Gasteiger partial charge on any atom is 0.163 e. The largest absolute Gasteiger partial charge is 0.490 e. The van der Waals surface area contributed by atoms with E-state index in [1.807, 2.05) is 13.0 Å². The lowest BCUT2D eigenvalue weighted by Gasteiger charge is -2.16. The molecule has 3 aromatic carbocycles. The van der Waals surface area contributed by atoms with Gasteiger partial charge in [0.15, 0.2) is 11.5 Å². The third-order valence-electron chi connectivity index (χ3n) is 4.84. The van der Waals surface area contributed by atoms with E-state index in [1.165, 1.54) is 11.1 Å². The van der Waals surface area contributed by atoms with Crippen LogP contribution in [0.2, 0.25) is 15.1 Å². The van der Waals surface area contributed by atoms with Crippen molar-refractivity contribution in [3.05, 3.63) is 85.9 Å². The van der Waals surface area contributed by atoms with Crippen molar-refractivity contribution < 1.29 is 9.47 Å². The third kappa shape index (κ3) is 5.54. The smallest absolute Gasteiger partial charge is 0.163 e. The lowest BCUT2D eigenvalue weighted by Crippen LogP contribution is -2.04. The first-order valence-electron chi connectivity index (χ1n) is 9.71. The van der Waals surface area contributed by atoms with Crippen molar-refractivity contribution >= 4 is 40.5 Å². The second kappa shape index (κ2) is 10.3. The average molecular weight is 465 g/mol. The van der Waals surface area contributed by atoms with Crippen molar-refractivity contribution in [1.29, 1.82) is 0 Å². The molecular weight excluding hydrogens is 441 g/mol. The van der Waals surface area contributed by atoms with E-state index < -0.39 is 0 Å². The Morgan fingerprint density at radius 1 is 0.800 bits per heavy atom. The molecule has 30 heavy (non-hydrogen) atoms. The number of benzene rings is 3. The molecule has 158 valence electrons. The summed E-state index contributed by atoms with van der Waals surface area (Å²) >= 11 is 19.0. The first-order chi connectivity index (χ1) is 14.4. The van der Waals surface area contributed by atoms with Crippen LogP contribution in [0.5, 0.6) is 11.5 Å². The van der Waals surface area contributed by atoms with Crippen LogP contribution >= 0.6 is 34.8 Å². The Hall–Kier alpha value is -2.07. The summed E-state index contributed by atoms with van der Waals surface area (Å²) < 4.78 is 11.8. The molecule has 0 bridgehead atoms. The van der Waals surface area contributed by atoms with Gasteiger partial charge in [0.1, 0.15) is 6.61 Å². The maximum atomic E-state index is 6.54. The second-order valence-electron chi connectivity index (χ2n) is 6.96. The quantitative estimate of drug-likeness (QED) is 0.368. The van der Waals surface area contributed by atoms with Gasteiger partial charge < -0.3 is 14.8 Å². The molecule has 0 radical (unpaired) electrons. The molecule has 0 aliphatic rings.